The van der Waals surface area contributed by atoms with E-state index in [2.05, 4.69) is 9.88 Å². The van der Waals surface area contributed by atoms with Crippen molar-refractivity contribution in [3.05, 3.63) is 36.5 Å². The molecule has 0 atom stereocenters. The van der Waals surface area contributed by atoms with Crippen LogP contribution in [0.5, 0.6) is 0 Å². The zero-order valence-electron chi connectivity index (χ0n) is 11.6. The lowest BCUT2D eigenvalue weighted by Gasteiger charge is -2.07. The summed E-state index contributed by atoms with van der Waals surface area (Å²) in [4.78, 5) is 22.0. The summed E-state index contributed by atoms with van der Waals surface area (Å²) in [7, 11) is 0. The highest BCUT2D eigenvalue weighted by Crippen LogP contribution is 2.15. The first kappa shape index (κ1) is 15.4. The van der Waals surface area contributed by atoms with Crippen LogP contribution in [0.4, 0.5) is 0 Å². The molecule has 0 saturated carbocycles. The van der Waals surface area contributed by atoms with E-state index >= 15 is 0 Å². The summed E-state index contributed by atoms with van der Waals surface area (Å²) >= 11 is 1.30. The van der Waals surface area contributed by atoms with Gasteiger partial charge in [-0.2, -0.15) is 0 Å². The molecule has 0 spiro atoms. The normalized spacial score (nSPS) is 10.7. The van der Waals surface area contributed by atoms with Crippen LogP contribution in [-0.4, -0.2) is 39.6 Å². The third-order valence-corrected chi connectivity index (χ3v) is 4.00. The van der Waals surface area contributed by atoms with Gasteiger partial charge in [0.25, 0.3) is 0 Å². The molecule has 0 fully saturated rings. The summed E-state index contributed by atoms with van der Waals surface area (Å²) in [6, 6.07) is 10.1. The van der Waals surface area contributed by atoms with Crippen molar-refractivity contribution in [2.24, 2.45) is 0 Å². The van der Waals surface area contributed by atoms with E-state index in [9.17, 15) is 9.59 Å². The number of aryl methyl sites for hydroxylation is 1. The van der Waals surface area contributed by atoms with E-state index in [0.717, 1.165) is 5.52 Å². The number of hydrogen-bond donors (Lipinski definition) is 2. The maximum absolute atomic E-state index is 11.7. The van der Waals surface area contributed by atoms with Crippen molar-refractivity contribution in [2.75, 3.05) is 18.1 Å². The standard InChI is InChI=1S/C15H18N2O3S/c18-14(16-7-10-21-11-15(19)20)6-9-17-8-5-12-3-1-2-4-13(12)17/h1-5,8H,6-7,9-11H2,(H,16,18)(H,19,20). The molecule has 1 aromatic heterocycles. The van der Waals surface area contributed by atoms with Crippen molar-refractivity contribution in [1.29, 1.82) is 0 Å². The summed E-state index contributed by atoms with van der Waals surface area (Å²) in [5, 5.41) is 12.5. The molecule has 5 nitrogen and oxygen atoms in total. The Labute approximate surface area is 127 Å². The molecule has 0 bridgehead atoms. The van der Waals surface area contributed by atoms with Gasteiger partial charge in [0.1, 0.15) is 0 Å². The van der Waals surface area contributed by atoms with Gasteiger partial charge in [-0.05, 0) is 17.5 Å². The van der Waals surface area contributed by atoms with E-state index in [-0.39, 0.29) is 11.7 Å². The van der Waals surface area contributed by atoms with Gasteiger partial charge in [0.15, 0.2) is 0 Å². The molecule has 0 saturated heterocycles. The molecular formula is C15H18N2O3S. The third-order valence-electron chi connectivity index (χ3n) is 3.05. The van der Waals surface area contributed by atoms with Crippen LogP contribution in [0.1, 0.15) is 6.42 Å². The number of nitrogens with one attached hydrogen (secondary N) is 1. The van der Waals surface area contributed by atoms with E-state index in [1.807, 2.05) is 36.5 Å². The van der Waals surface area contributed by atoms with Gasteiger partial charge in [-0.3, -0.25) is 9.59 Å². The number of rotatable bonds is 8. The Morgan fingerprint density at radius 3 is 2.86 bits per heavy atom. The maximum Gasteiger partial charge on any atom is 0.313 e. The van der Waals surface area contributed by atoms with Crippen molar-refractivity contribution < 1.29 is 14.7 Å². The third kappa shape index (κ3) is 4.82. The molecule has 1 aromatic carbocycles. The van der Waals surface area contributed by atoms with Crippen LogP contribution in [-0.2, 0) is 16.1 Å². The number of carbonyl (C=O) groups is 2. The molecule has 0 aliphatic rings. The first-order valence-electron chi connectivity index (χ1n) is 6.77. The predicted molar refractivity (Wildman–Crippen MR) is 84.5 cm³/mol. The lowest BCUT2D eigenvalue weighted by atomic mass is 10.2. The Kier molecular flexibility index (Phi) is 5.68. The second kappa shape index (κ2) is 7.73. The largest absolute Gasteiger partial charge is 0.481 e. The van der Waals surface area contributed by atoms with Gasteiger partial charge in [0, 0.05) is 37.0 Å². The number of carboxylic acids is 1. The smallest absolute Gasteiger partial charge is 0.313 e. The Bertz CT molecular complexity index is 624. The number of amides is 1. The van der Waals surface area contributed by atoms with Crippen molar-refractivity contribution in [2.45, 2.75) is 13.0 Å². The summed E-state index contributed by atoms with van der Waals surface area (Å²) in [6.45, 7) is 1.14. The Balaban J connectivity index is 1.70. The first-order valence-corrected chi connectivity index (χ1v) is 7.92. The molecule has 2 N–H and O–H groups in total. The zero-order chi connectivity index (χ0) is 15.1. The van der Waals surface area contributed by atoms with Gasteiger partial charge in [-0.15, -0.1) is 11.8 Å². The number of para-hydroxylation sites is 1. The minimum absolute atomic E-state index is 0.0105. The van der Waals surface area contributed by atoms with Gasteiger partial charge in [0.2, 0.25) is 5.91 Å². The molecular weight excluding hydrogens is 288 g/mol. The topological polar surface area (TPSA) is 71.3 Å². The number of aliphatic carboxylic acids is 1. The fourth-order valence-electron chi connectivity index (χ4n) is 2.07. The van der Waals surface area contributed by atoms with Gasteiger partial charge in [0.05, 0.1) is 5.75 Å². The number of aromatic nitrogens is 1. The molecule has 1 heterocycles. The Morgan fingerprint density at radius 2 is 2.05 bits per heavy atom. The molecule has 2 aromatic rings. The van der Waals surface area contributed by atoms with Crippen molar-refractivity contribution in [3.8, 4) is 0 Å². The average Bonchev–Trinajstić information content (AvgIpc) is 2.87. The van der Waals surface area contributed by atoms with Crippen LogP contribution in [0.25, 0.3) is 10.9 Å². The highest BCUT2D eigenvalue weighted by atomic mass is 32.2. The minimum atomic E-state index is -0.828. The number of carboxylic acid groups (broad SMARTS) is 1. The summed E-state index contributed by atoms with van der Waals surface area (Å²) in [5.74, 6) is -0.148. The van der Waals surface area contributed by atoms with Crippen molar-refractivity contribution in [3.63, 3.8) is 0 Å². The Morgan fingerprint density at radius 1 is 1.24 bits per heavy atom. The highest BCUT2D eigenvalue weighted by Gasteiger charge is 2.04. The van der Waals surface area contributed by atoms with E-state index in [4.69, 9.17) is 5.11 Å². The van der Waals surface area contributed by atoms with Crippen LogP contribution in [0.2, 0.25) is 0 Å². The average molecular weight is 306 g/mol. The number of nitrogens with zero attached hydrogens (tertiary/aromatic N) is 1. The summed E-state index contributed by atoms with van der Waals surface area (Å²) in [6.07, 6.45) is 2.41. The number of fused-ring (bicyclic) bond motifs is 1. The lowest BCUT2D eigenvalue weighted by molar-refractivity contribution is -0.133. The van der Waals surface area contributed by atoms with Gasteiger partial charge in [-0.25, -0.2) is 0 Å². The molecule has 0 aliphatic carbocycles. The quantitative estimate of drug-likeness (QED) is 0.731. The number of benzene rings is 1. The zero-order valence-corrected chi connectivity index (χ0v) is 12.4. The van der Waals surface area contributed by atoms with Gasteiger partial charge < -0.3 is 15.0 Å². The molecule has 0 unspecified atom stereocenters. The fourth-order valence-corrected chi connectivity index (χ4v) is 2.63. The van der Waals surface area contributed by atoms with E-state index in [1.54, 1.807) is 0 Å². The molecule has 6 heteroatoms. The van der Waals surface area contributed by atoms with Crippen LogP contribution in [0.15, 0.2) is 36.5 Å². The van der Waals surface area contributed by atoms with Crippen LogP contribution < -0.4 is 5.32 Å². The van der Waals surface area contributed by atoms with Crippen molar-refractivity contribution >= 4 is 34.5 Å². The van der Waals surface area contributed by atoms with Crippen LogP contribution >= 0.6 is 11.8 Å². The second-order valence-corrected chi connectivity index (χ2v) is 5.72. The summed E-state index contributed by atoms with van der Waals surface area (Å²) in [5.41, 5.74) is 1.13. The molecule has 1 amide bonds. The number of hydrogen-bond acceptors (Lipinski definition) is 3. The lowest BCUT2D eigenvalue weighted by Crippen LogP contribution is -2.26. The first-order chi connectivity index (χ1) is 10.2. The molecule has 112 valence electrons. The van der Waals surface area contributed by atoms with Gasteiger partial charge in [-0.1, -0.05) is 18.2 Å². The Hall–Kier alpha value is -1.95. The van der Waals surface area contributed by atoms with E-state index in [1.165, 1.54) is 17.1 Å². The summed E-state index contributed by atoms with van der Waals surface area (Å²) < 4.78 is 2.06. The fraction of sp³-hybridized carbons (Fsp3) is 0.333. The van der Waals surface area contributed by atoms with Crippen LogP contribution in [0, 0.1) is 0 Å². The van der Waals surface area contributed by atoms with E-state index < -0.39 is 5.97 Å². The maximum atomic E-state index is 11.7. The highest BCUT2D eigenvalue weighted by molar-refractivity contribution is 7.99. The second-order valence-electron chi connectivity index (χ2n) is 4.61. The number of thioether (sulfide) groups is 1. The van der Waals surface area contributed by atoms with Gasteiger partial charge >= 0.3 is 5.97 Å². The monoisotopic (exact) mass is 306 g/mol. The molecule has 2 rings (SSSR count). The molecule has 21 heavy (non-hydrogen) atoms. The molecule has 0 aliphatic heterocycles. The predicted octanol–water partition coefficient (Wildman–Crippen LogP) is 1.97. The minimum Gasteiger partial charge on any atom is -0.481 e. The van der Waals surface area contributed by atoms with E-state index in [0.29, 0.717) is 25.3 Å². The number of carbonyl (C=O) groups excluding carboxylic acids is 1. The molecule has 0 radical (unpaired) electrons. The SMILES string of the molecule is O=C(O)CSCCNC(=O)CCn1ccc2ccccc21. The van der Waals surface area contributed by atoms with Crippen molar-refractivity contribution in [1.82, 2.24) is 9.88 Å². The van der Waals surface area contributed by atoms with Crippen LogP contribution in [0.3, 0.4) is 0 Å².